The van der Waals surface area contributed by atoms with Gasteiger partial charge in [-0.2, -0.15) is 0 Å². The van der Waals surface area contributed by atoms with Gasteiger partial charge >= 0.3 is 5.69 Å². The van der Waals surface area contributed by atoms with E-state index < -0.39 is 5.69 Å². The van der Waals surface area contributed by atoms with E-state index in [2.05, 4.69) is 34.3 Å². The Morgan fingerprint density at radius 2 is 1.75 bits per heavy atom. The molecule has 1 aliphatic heterocycles. The summed E-state index contributed by atoms with van der Waals surface area (Å²) in [6.07, 6.45) is 0. The van der Waals surface area contributed by atoms with Crippen LogP contribution in [0.5, 0.6) is 5.75 Å². The van der Waals surface area contributed by atoms with E-state index in [4.69, 9.17) is 4.74 Å². The molecule has 7 heteroatoms. The first-order valence-electron chi connectivity index (χ1n) is 9.14. The highest BCUT2D eigenvalue weighted by Crippen LogP contribution is 2.28. The Morgan fingerprint density at radius 3 is 2.43 bits per heavy atom. The van der Waals surface area contributed by atoms with E-state index in [1.165, 1.54) is 10.1 Å². The predicted octanol–water partition coefficient (Wildman–Crippen LogP) is 2.48. The molecule has 144 valence electrons. The lowest BCUT2D eigenvalue weighted by Gasteiger charge is -2.35. The second-order valence-electron chi connectivity index (χ2n) is 6.79. The van der Waals surface area contributed by atoms with Gasteiger partial charge in [0.05, 0.1) is 25.0 Å². The average Bonchev–Trinajstić information content (AvgIpc) is 2.74. The van der Waals surface area contributed by atoms with Gasteiger partial charge in [0.2, 0.25) is 0 Å². The fourth-order valence-corrected chi connectivity index (χ4v) is 3.53. The molecular weight excluding hydrogens is 356 g/mol. The summed E-state index contributed by atoms with van der Waals surface area (Å²) in [6.45, 7) is 3.09. The third-order valence-corrected chi connectivity index (χ3v) is 5.18. The van der Waals surface area contributed by atoms with Crippen LogP contribution in [0, 0.1) is 0 Å². The molecule has 0 amide bonds. The fraction of sp³-hybridized carbons (Fsp3) is 0.238. The van der Waals surface area contributed by atoms with E-state index in [9.17, 15) is 9.59 Å². The highest BCUT2D eigenvalue weighted by atomic mass is 16.5. The molecule has 1 aromatic heterocycles. The first-order valence-corrected chi connectivity index (χ1v) is 9.14. The number of anilines is 1. The molecular formula is C21H22N4O3. The number of aromatic amines is 1. The van der Waals surface area contributed by atoms with E-state index in [1.807, 2.05) is 18.2 Å². The fourth-order valence-electron chi connectivity index (χ4n) is 3.53. The van der Waals surface area contributed by atoms with Crippen molar-refractivity contribution in [2.45, 2.75) is 19.5 Å². The summed E-state index contributed by atoms with van der Waals surface area (Å²) in [5.41, 5.74) is 1.56. The molecule has 0 saturated carbocycles. The lowest BCUT2D eigenvalue weighted by atomic mass is 10.1. The maximum absolute atomic E-state index is 12.5. The Hall–Kier alpha value is -3.32. The van der Waals surface area contributed by atoms with Crippen LogP contribution in [0.15, 0.2) is 64.2 Å². The summed E-state index contributed by atoms with van der Waals surface area (Å²) in [6, 6.07) is 17.4. The molecule has 7 nitrogen and oxygen atoms in total. The summed E-state index contributed by atoms with van der Waals surface area (Å²) >= 11 is 0. The second-order valence-corrected chi connectivity index (χ2v) is 6.79. The van der Waals surface area contributed by atoms with Crippen molar-refractivity contribution in [1.29, 1.82) is 0 Å². The molecule has 0 saturated heterocycles. The molecule has 1 atom stereocenters. The van der Waals surface area contributed by atoms with Crippen LogP contribution in [0.2, 0.25) is 0 Å². The van der Waals surface area contributed by atoms with Crippen molar-refractivity contribution in [3.63, 3.8) is 0 Å². The molecule has 0 radical (unpaired) electrons. The number of benzene rings is 2. The summed E-state index contributed by atoms with van der Waals surface area (Å²) in [7, 11) is 1.59. The van der Waals surface area contributed by atoms with Gasteiger partial charge in [-0.1, -0.05) is 30.3 Å². The quantitative estimate of drug-likeness (QED) is 0.729. The standard InChI is InChI=1S/C21H22N4O3/c1-14(15-6-4-3-5-7-15)24-12-18-19(22-13-24)25(21(27)23-20(18)26)16-8-10-17(28-2)11-9-16/h3-11,14,22H,12-13H2,1-2H3,(H,23,26,27). The SMILES string of the molecule is COc1ccc(-n2c3c(c(=O)[nH]c2=O)CN(C(C)c2ccccc2)CN3)cc1. The highest BCUT2D eigenvalue weighted by Gasteiger charge is 2.26. The Labute approximate surface area is 162 Å². The van der Waals surface area contributed by atoms with Crippen LogP contribution in [0.4, 0.5) is 5.82 Å². The van der Waals surface area contributed by atoms with Crippen molar-refractivity contribution in [3.05, 3.63) is 86.6 Å². The van der Waals surface area contributed by atoms with Crippen molar-refractivity contribution >= 4 is 5.82 Å². The summed E-state index contributed by atoms with van der Waals surface area (Å²) < 4.78 is 6.68. The lowest BCUT2D eigenvalue weighted by molar-refractivity contribution is 0.207. The van der Waals surface area contributed by atoms with Gasteiger partial charge in [-0.15, -0.1) is 0 Å². The molecule has 1 aliphatic rings. The molecule has 0 aliphatic carbocycles. The number of aromatic nitrogens is 2. The van der Waals surface area contributed by atoms with Gasteiger partial charge in [-0.25, -0.2) is 9.36 Å². The Morgan fingerprint density at radius 1 is 1.04 bits per heavy atom. The number of fused-ring (bicyclic) bond motifs is 1. The van der Waals surface area contributed by atoms with Crippen molar-refractivity contribution in [2.24, 2.45) is 0 Å². The number of hydrogen-bond donors (Lipinski definition) is 2. The van der Waals surface area contributed by atoms with Crippen LogP contribution in [0.25, 0.3) is 5.69 Å². The molecule has 2 heterocycles. The van der Waals surface area contributed by atoms with Gasteiger partial charge in [0, 0.05) is 12.6 Å². The van der Waals surface area contributed by atoms with Crippen LogP contribution in [-0.2, 0) is 6.54 Å². The van der Waals surface area contributed by atoms with E-state index in [1.54, 1.807) is 31.4 Å². The predicted molar refractivity (Wildman–Crippen MR) is 108 cm³/mol. The summed E-state index contributed by atoms with van der Waals surface area (Å²) in [4.78, 5) is 29.7. The van der Waals surface area contributed by atoms with Gasteiger partial charge < -0.3 is 10.1 Å². The van der Waals surface area contributed by atoms with Gasteiger partial charge in [0.25, 0.3) is 5.56 Å². The maximum atomic E-state index is 12.5. The zero-order chi connectivity index (χ0) is 19.7. The zero-order valence-electron chi connectivity index (χ0n) is 15.8. The van der Waals surface area contributed by atoms with E-state index in [0.29, 0.717) is 36.0 Å². The monoisotopic (exact) mass is 378 g/mol. The van der Waals surface area contributed by atoms with E-state index >= 15 is 0 Å². The average molecular weight is 378 g/mol. The molecule has 0 fully saturated rings. The van der Waals surface area contributed by atoms with Crippen LogP contribution < -0.4 is 21.3 Å². The molecule has 0 spiro atoms. The minimum Gasteiger partial charge on any atom is -0.497 e. The molecule has 1 unspecified atom stereocenters. The second kappa shape index (κ2) is 7.36. The van der Waals surface area contributed by atoms with E-state index in [-0.39, 0.29) is 11.6 Å². The number of nitrogens with zero attached hydrogens (tertiary/aromatic N) is 2. The number of nitrogens with one attached hydrogen (secondary N) is 2. The number of hydrogen-bond acceptors (Lipinski definition) is 5. The third-order valence-electron chi connectivity index (χ3n) is 5.18. The van der Waals surface area contributed by atoms with Crippen LogP contribution >= 0.6 is 0 Å². The third kappa shape index (κ3) is 3.20. The van der Waals surface area contributed by atoms with Crippen LogP contribution in [0.3, 0.4) is 0 Å². The zero-order valence-corrected chi connectivity index (χ0v) is 15.8. The van der Waals surface area contributed by atoms with Gasteiger partial charge in [0.15, 0.2) is 0 Å². The topological polar surface area (TPSA) is 79.4 Å². The van der Waals surface area contributed by atoms with E-state index in [0.717, 1.165) is 0 Å². The highest BCUT2D eigenvalue weighted by molar-refractivity contribution is 5.52. The smallest absolute Gasteiger partial charge is 0.334 e. The largest absolute Gasteiger partial charge is 0.497 e. The molecule has 3 aromatic rings. The van der Waals surface area contributed by atoms with Gasteiger partial charge in [-0.3, -0.25) is 14.7 Å². The Bertz CT molecular complexity index is 1090. The Kier molecular flexibility index (Phi) is 4.75. The number of ether oxygens (including phenoxy) is 1. The summed E-state index contributed by atoms with van der Waals surface area (Å²) in [5, 5.41) is 3.28. The maximum Gasteiger partial charge on any atom is 0.334 e. The molecule has 0 bridgehead atoms. The van der Waals surface area contributed by atoms with Crippen molar-refractivity contribution in [1.82, 2.24) is 14.5 Å². The van der Waals surface area contributed by atoms with Crippen molar-refractivity contribution in [3.8, 4) is 11.4 Å². The molecule has 4 rings (SSSR count). The minimum absolute atomic E-state index is 0.127. The first-order chi connectivity index (χ1) is 13.6. The van der Waals surface area contributed by atoms with Crippen molar-refractivity contribution < 1.29 is 4.74 Å². The summed E-state index contributed by atoms with van der Waals surface area (Å²) in [5.74, 6) is 1.24. The minimum atomic E-state index is -0.467. The number of methoxy groups -OCH3 is 1. The van der Waals surface area contributed by atoms with Crippen molar-refractivity contribution in [2.75, 3.05) is 19.1 Å². The van der Waals surface area contributed by atoms with Crippen LogP contribution in [0.1, 0.15) is 24.1 Å². The number of rotatable bonds is 4. The molecule has 2 N–H and O–H groups in total. The van der Waals surface area contributed by atoms with Gasteiger partial charge in [0.1, 0.15) is 11.6 Å². The van der Waals surface area contributed by atoms with Crippen LogP contribution in [-0.4, -0.2) is 28.2 Å². The number of H-pyrrole nitrogens is 1. The van der Waals surface area contributed by atoms with Gasteiger partial charge in [-0.05, 0) is 36.8 Å². The Balaban J connectivity index is 1.72. The first kappa shape index (κ1) is 18.1. The molecule has 28 heavy (non-hydrogen) atoms. The lowest BCUT2D eigenvalue weighted by Crippen LogP contribution is -2.43. The molecule has 2 aromatic carbocycles. The normalized spacial score (nSPS) is 14.8.